The summed E-state index contributed by atoms with van der Waals surface area (Å²) in [5.74, 6) is 0.721. The SMILES string of the molecule is CNC(CC1CCCCCC1)c1ccc(F)c(C)c1. The first-order valence-corrected chi connectivity index (χ1v) is 7.64. The standard InChI is InChI=1S/C17H26FN/c1-13-11-15(9-10-16(13)18)17(19-2)12-14-7-5-3-4-6-8-14/h9-11,14,17,19H,3-8,12H2,1-2H3. The van der Waals surface area contributed by atoms with E-state index in [1.807, 2.05) is 26.1 Å². The van der Waals surface area contributed by atoms with E-state index < -0.39 is 0 Å². The van der Waals surface area contributed by atoms with Crippen molar-refractivity contribution < 1.29 is 4.39 Å². The van der Waals surface area contributed by atoms with E-state index in [0.717, 1.165) is 11.5 Å². The molecule has 1 aliphatic rings. The van der Waals surface area contributed by atoms with Crippen molar-refractivity contribution in [2.45, 2.75) is 57.9 Å². The van der Waals surface area contributed by atoms with Crippen LogP contribution >= 0.6 is 0 Å². The lowest BCUT2D eigenvalue weighted by Crippen LogP contribution is -2.20. The lowest BCUT2D eigenvalue weighted by Gasteiger charge is -2.23. The molecule has 0 saturated heterocycles. The van der Waals surface area contributed by atoms with E-state index in [1.54, 1.807) is 6.07 Å². The van der Waals surface area contributed by atoms with Gasteiger partial charge in [0.25, 0.3) is 0 Å². The second-order valence-electron chi connectivity index (χ2n) is 5.94. The Kier molecular flexibility index (Phi) is 5.38. The number of hydrogen-bond acceptors (Lipinski definition) is 1. The molecule has 1 saturated carbocycles. The second-order valence-corrected chi connectivity index (χ2v) is 5.94. The highest BCUT2D eigenvalue weighted by atomic mass is 19.1. The van der Waals surface area contributed by atoms with Gasteiger partial charge >= 0.3 is 0 Å². The second kappa shape index (κ2) is 7.04. The van der Waals surface area contributed by atoms with Gasteiger partial charge in [-0.3, -0.25) is 0 Å². The van der Waals surface area contributed by atoms with E-state index in [-0.39, 0.29) is 5.82 Å². The van der Waals surface area contributed by atoms with Crippen LogP contribution in [-0.4, -0.2) is 7.05 Å². The van der Waals surface area contributed by atoms with Gasteiger partial charge < -0.3 is 5.32 Å². The van der Waals surface area contributed by atoms with E-state index in [4.69, 9.17) is 0 Å². The maximum Gasteiger partial charge on any atom is 0.126 e. The Morgan fingerprint density at radius 1 is 1.21 bits per heavy atom. The molecule has 1 N–H and O–H groups in total. The Labute approximate surface area is 116 Å². The first-order chi connectivity index (χ1) is 9.20. The van der Waals surface area contributed by atoms with Crippen LogP contribution in [0.25, 0.3) is 0 Å². The van der Waals surface area contributed by atoms with Crippen LogP contribution in [0.5, 0.6) is 0 Å². The summed E-state index contributed by atoms with van der Waals surface area (Å²) >= 11 is 0. The molecule has 1 aliphatic carbocycles. The highest BCUT2D eigenvalue weighted by molar-refractivity contribution is 5.26. The first-order valence-electron chi connectivity index (χ1n) is 7.64. The fourth-order valence-electron chi connectivity index (χ4n) is 3.24. The molecule has 2 heteroatoms. The summed E-state index contributed by atoms with van der Waals surface area (Å²) in [4.78, 5) is 0. The number of nitrogens with one attached hydrogen (secondary N) is 1. The summed E-state index contributed by atoms with van der Waals surface area (Å²) in [7, 11) is 2.01. The molecule has 0 heterocycles. The van der Waals surface area contributed by atoms with Gasteiger partial charge in [-0.25, -0.2) is 4.39 Å². The lowest BCUT2D eigenvalue weighted by molar-refractivity contribution is 0.368. The molecule has 1 fully saturated rings. The molecule has 0 aromatic heterocycles. The summed E-state index contributed by atoms with van der Waals surface area (Å²) < 4.78 is 13.4. The Balaban J connectivity index is 2.03. The third-order valence-corrected chi connectivity index (χ3v) is 4.48. The predicted molar refractivity (Wildman–Crippen MR) is 78.7 cm³/mol. The van der Waals surface area contributed by atoms with Gasteiger partial charge in [-0.1, -0.05) is 50.7 Å². The van der Waals surface area contributed by atoms with Crippen molar-refractivity contribution in [2.75, 3.05) is 7.05 Å². The van der Waals surface area contributed by atoms with Crippen molar-refractivity contribution in [2.24, 2.45) is 5.92 Å². The van der Waals surface area contributed by atoms with E-state index in [9.17, 15) is 4.39 Å². The zero-order valence-electron chi connectivity index (χ0n) is 12.2. The van der Waals surface area contributed by atoms with E-state index in [0.29, 0.717) is 6.04 Å². The average molecular weight is 263 g/mol. The highest BCUT2D eigenvalue weighted by Gasteiger charge is 2.18. The molecule has 1 nitrogen and oxygen atoms in total. The molecule has 2 rings (SSSR count). The molecule has 1 unspecified atom stereocenters. The van der Waals surface area contributed by atoms with Gasteiger partial charge in [0.1, 0.15) is 5.82 Å². The van der Waals surface area contributed by atoms with Crippen LogP contribution in [0.1, 0.15) is 62.1 Å². The maximum atomic E-state index is 13.4. The van der Waals surface area contributed by atoms with Crippen LogP contribution in [0, 0.1) is 18.7 Å². The van der Waals surface area contributed by atoms with Crippen molar-refractivity contribution in [3.63, 3.8) is 0 Å². The molecule has 0 aliphatic heterocycles. The number of aryl methyl sites for hydroxylation is 1. The molecule has 19 heavy (non-hydrogen) atoms. The van der Waals surface area contributed by atoms with E-state index in [2.05, 4.69) is 5.32 Å². The van der Waals surface area contributed by atoms with Crippen molar-refractivity contribution in [3.05, 3.63) is 35.1 Å². The Morgan fingerprint density at radius 3 is 2.47 bits per heavy atom. The van der Waals surface area contributed by atoms with Gasteiger partial charge in [0, 0.05) is 6.04 Å². The van der Waals surface area contributed by atoms with Crippen molar-refractivity contribution in [3.8, 4) is 0 Å². The predicted octanol–water partition coefficient (Wildman–Crippen LogP) is 4.76. The molecule has 1 aromatic carbocycles. The molecular weight excluding hydrogens is 237 g/mol. The van der Waals surface area contributed by atoms with Crippen LogP contribution < -0.4 is 5.32 Å². The Hall–Kier alpha value is -0.890. The van der Waals surface area contributed by atoms with Crippen LogP contribution in [-0.2, 0) is 0 Å². The third-order valence-electron chi connectivity index (χ3n) is 4.48. The summed E-state index contributed by atoms with van der Waals surface area (Å²) in [5.41, 5.74) is 1.98. The third kappa shape index (κ3) is 4.04. The minimum atomic E-state index is -0.104. The summed E-state index contributed by atoms with van der Waals surface area (Å²) in [5, 5.41) is 3.41. The van der Waals surface area contributed by atoms with Gasteiger partial charge in [-0.05, 0) is 43.5 Å². The molecular formula is C17H26FN. The van der Waals surface area contributed by atoms with Crippen molar-refractivity contribution in [1.82, 2.24) is 5.32 Å². The molecule has 0 bridgehead atoms. The van der Waals surface area contributed by atoms with Crippen LogP contribution in [0.3, 0.4) is 0 Å². The monoisotopic (exact) mass is 263 g/mol. The minimum absolute atomic E-state index is 0.104. The zero-order chi connectivity index (χ0) is 13.7. The van der Waals surface area contributed by atoms with Gasteiger partial charge in [-0.2, -0.15) is 0 Å². The number of benzene rings is 1. The van der Waals surface area contributed by atoms with Gasteiger partial charge in [0.05, 0.1) is 0 Å². The number of hydrogen-bond donors (Lipinski definition) is 1. The Bertz CT molecular complexity index is 394. The number of rotatable bonds is 4. The van der Waals surface area contributed by atoms with Gasteiger partial charge in [0.15, 0.2) is 0 Å². The van der Waals surface area contributed by atoms with Crippen LogP contribution in [0.15, 0.2) is 18.2 Å². The Morgan fingerprint density at radius 2 is 1.89 bits per heavy atom. The summed E-state index contributed by atoms with van der Waals surface area (Å²) in [6.45, 7) is 1.84. The maximum absolute atomic E-state index is 13.4. The molecule has 106 valence electrons. The molecule has 0 amide bonds. The molecule has 1 aromatic rings. The lowest BCUT2D eigenvalue weighted by atomic mass is 9.89. The van der Waals surface area contributed by atoms with Gasteiger partial charge in [-0.15, -0.1) is 0 Å². The van der Waals surface area contributed by atoms with Crippen LogP contribution in [0.4, 0.5) is 4.39 Å². The normalized spacial score (nSPS) is 19.1. The van der Waals surface area contributed by atoms with Crippen molar-refractivity contribution >= 4 is 0 Å². The largest absolute Gasteiger partial charge is 0.313 e. The summed E-state index contributed by atoms with van der Waals surface area (Å²) in [6, 6.07) is 5.89. The smallest absolute Gasteiger partial charge is 0.126 e. The minimum Gasteiger partial charge on any atom is -0.313 e. The first kappa shape index (κ1) is 14.5. The van der Waals surface area contributed by atoms with Crippen LogP contribution in [0.2, 0.25) is 0 Å². The molecule has 0 radical (unpaired) electrons. The van der Waals surface area contributed by atoms with E-state index in [1.165, 1.54) is 50.5 Å². The summed E-state index contributed by atoms with van der Waals surface area (Å²) in [6.07, 6.45) is 9.46. The van der Waals surface area contributed by atoms with Gasteiger partial charge in [0.2, 0.25) is 0 Å². The fraction of sp³-hybridized carbons (Fsp3) is 0.647. The number of halogens is 1. The quantitative estimate of drug-likeness (QED) is 0.773. The zero-order valence-corrected chi connectivity index (χ0v) is 12.2. The molecule has 0 spiro atoms. The topological polar surface area (TPSA) is 12.0 Å². The average Bonchev–Trinajstić information content (AvgIpc) is 2.68. The van der Waals surface area contributed by atoms with E-state index >= 15 is 0 Å². The fourth-order valence-corrected chi connectivity index (χ4v) is 3.24. The highest BCUT2D eigenvalue weighted by Crippen LogP contribution is 2.31. The molecule has 1 atom stereocenters. The van der Waals surface area contributed by atoms with Crippen molar-refractivity contribution in [1.29, 1.82) is 0 Å².